The zero-order valence-electron chi connectivity index (χ0n) is 13.5. The lowest BCUT2D eigenvalue weighted by Crippen LogP contribution is -2.50. The third-order valence-electron chi connectivity index (χ3n) is 6.01. The molecule has 3 nitrogen and oxygen atoms in total. The highest BCUT2D eigenvalue weighted by Gasteiger charge is 2.34. The van der Waals surface area contributed by atoms with E-state index in [0.717, 1.165) is 31.3 Å². The Bertz CT molecular complexity index is 264. The summed E-state index contributed by atoms with van der Waals surface area (Å²) in [5, 5.41) is 17.3. The summed E-state index contributed by atoms with van der Waals surface area (Å²) < 4.78 is 0. The Hall–Kier alpha value is -0.120. The van der Waals surface area contributed by atoms with E-state index >= 15 is 0 Å². The van der Waals surface area contributed by atoms with Crippen molar-refractivity contribution in [3.63, 3.8) is 0 Å². The molecule has 1 aliphatic heterocycles. The van der Waals surface area contributed by atoms with Crippen LogP contribution in [0.25, 0.3) is 0 Å². The Labute approximate surface area is 124 Å². The van der Waals surface area contributed by atoms with Crippen LogP contribution in [0.4, 0.5) is 0 Å². The van der Waals surface area contributed by atoms with E-state index in [2.05, 4.69) is 24.5 Å². The molecule has 3 unspecified atom stereocenters. The molecule has 0 aromatic carbocycles. The average molecular weight is 282 g/mol. The second kappa shape index (κ2) is 7.77. The maximum Gasteiger partial charge on any atom is 0.0499 e. The largest absolute Gasteiger partial charge is 0.396 e. The number of aliphatic hydroxyl groups excluding tert-OH is 1. The molecule has 0 spiro atoms. The lowest BCUT2D eigenvalue weighted by atomic mass is 9.77. The summed E-state index contributed by atoms with van der Waals surface area (Å²) >= 11 is 0. The molecule has 2 aliphatic rings. The number of aliphatic hydroxyl groups is 1. The quantitative estimate of drug-likeness (QED) is 0.673. The monoisotopic (exact) mass is 282 g/mol. The van der Waals surface area contributed by atoms with Crippen LogP contribution in [-0.2, 0) is 0 Å². The van der Waals surface area contributed by atoms with Crippen molar-refractivity contribution < 1.29 is 5.11 Å². The molecule has 1 saturated heterocycles. The first-order chi connectivity index (χ1) is 9.74. The summed E-state index contributed by atoms with van der Waals surface area (Å²) in [5.74, 6) is 0.802. The number of hydrogen-bond donors (Lipinski definition) is 3. The first-order valence-electron chi connectivity index (χ1n) is 8.82. The van der Waals surface area contributed by atoms with Gasteiger partial charge < -0.3 is 15.7 Å². The Kier molecular flexibility index (Phi) is 6.31. The van der Waals surface area contributed by atoms with E-state index in [1.807, 2.05) is 0 Å². The molecule has 2 rings (SSSR count). The summed E-state index contributed by atoms with van der Waals surface area (Å²) in [4.78, 5) is 0. The highest BCUT2D eigenvalue weighted by Crippen LogP contribution is 2.32. The van der Waals surface area contributed by atoms with Gasteiger partial charge in [-0.25, -0.2) is 0 Å². The van der Waals surface area contributed by atoms with E-state index in [0.29, 0.717) is 12.6 Å². The molecule has 0 aromatic heterocycles. The maximum atomic E-state index is 9.73. The lowest BCUT2D eigenvalue weighted by molar-refractivity contribution is 0.0988. The van der Waals surface area contributed by atoms with Crippen molar-refractivity contribution in [2.45, 2.75) is 77.3 Å². The molecular formula is C17H34N2O. The van der Waals surface area contributed by atoms with Crippen molar-refractivity contribution in [2.24, 2.45) is 11.3 Å². The van der Waals surface area contributed by atoms with Gasteiger partial charge in [-0.3, -0.25) is 0 Å². The number of nitrogens with one attached hydrogen (secondary N) is 2. The molecule has 1 aliphatic carbocycles. The van der Waals surface area contributed by atoms with Crippen molar-refractivity contribution in [3.8, 4) is 0 Å². The minimum atomic E-state index is 0.0884. The van der Waals surface area contributed by atoms with Crippen LogP contribution in [0.15, 0.2) is 0 Å². The van der Waals surface area contributed by atoms with Crippen LogP contribution in [0.5, 0.6) is 0 Å². The summed E-state index contributed by atoms with van der Waals surface area (Å²) in [6, 6.07) is 1.39. The van der Waals surface area contributed by atoms with Crippen molar-refractivity contribution in [1.82, 2.24) is 10.6 Å². The van der Waals surface area contributed by atoms with Gasteiger partial charge in [-0.2, -0.15) is 0 Å². The molecule has 3 N–H and O–H groups in total. The second-order valence-electron chi connectivity index (χ2n) is 7.00. The predicted molar refractivity (Wildman–Crippen MR) is 84.9 cm³/mol. The van der Waals surface area contributed by atoms with Crippen LogP contribution in [0.3, 0.4) is 0 Å². The molecule has 0 radical (unpaired) electrons. The number of hydrogen-bond acceptors (Lipinski definition) is 3. The molecule has 1 saturated carbocycles. The van der Waals surface area contributed by atoms with Gasteiger partial charge in [0.1, 0.15) is 0 Å². The van der Waals surface area contributed by atoms with Gasteiger partial charge in [0.05, 0.1) is 0 Å². The number of rotatable bonds is 7. The van der Waals surface area contributed by atoms with Crippen LogP contribution >= 0.6 is 0 Å². The SMILES string of the molecule is CCC(CC)(CO)CNC1CCCCC1C1CCCN1. The van der Waals surface area contributed by atoms with Crippen LogP contribution < -0.4 is 10.6 Å². The van der Waals surface area contributed by atoms with Crippen molar-refractivity contribution in [1.29, 1.82) is 0 Å². The second-order valence-corrected chi connectivity index (χ2v) is 7.00. The summed E-state index contributed by atoms with van der Waals surface area (Å²) in [7, 11) is 0. The summed E-state index contributed by atoms with van der Waals surface area (Å²) in [5.41, 5.74) is 0.0884. The lowest BCUT2D eigenvalue weighted by Gasteiger charge is -2.39. The molecule has 20 heavy (non-hydrogen) atoms. The van der Waals surface area contributed by atoms with E-state index in [1.165, 1.54) is 45.1 Å². The van der Waals surface area contributed by atoms with Gasteiger partial charge in [0.15, 0.2) is 0 Å². The van der Waals surface area contributed by atoms with Crippen molar-refractivity contribution >= 4 is 0 Å². The predicted octanol–water partition coefficient (Wildman–Crippen LogP) is 2.69. The van der Waals surface area contributed by atoms with E-state index in [9.17, 15) is 5.11 Å². The minimum absolute atomic E-state index is 0.0884. The molecule has 2 fully saturated rings. The highest BCUT2D eigenvalue weighted by molar-refractivity contribution is 4.93. The van der Waals surface area contributed by atoms with E-state index in [1.54, 1.807) is 0 Å². The van der Waals surface area contributed by atoms with Gasteiger partial charge in [0.25, 0.3) is 0 Å². The normalized spacial score (nSPS) is 31.6. The van der Waals surface area contributed by atoms with Gasteiger partial charge in [0.2, 0.25) is 0 Å². The summed E-state index contributed by atoms with van der Waals surface area (Å²) in [6.07, 6.45) is 10.3. The van der Waals surface area contributed by atoms with Gasteiger partial charge >= 0.3 is 0 Å². The third-order valence-corrected chi connectivity index (χ3v) is 6.01. The molecule has 1 heterocycles. The van der Waals surface area contributed by atoms with E-state index in [-0.39, 0.29) is 5.41 Å². The highest BCUT2D eigenvalue weighted by atomic mass is 16.3. The Balaban J connectivity index is 1.91. The van der Waals surface area contributed by atoms with E-state index in [4.69, 9.17) is 0 Å². The van der Waals surface area contributed by atoms with Crippen molar-refractivity contribution in [3.05, 3.63) is 0 Å². The van der Waals surface area contributed by atoms with Crippen LogP contribution in [0, 0.1) is 11.3 Å². The zero-order valence-corrected chi connectivity index (χ0v) is 13.5. The average Bonchev–Trinajstić information content (AvgIpc) is 3.04. The topological polar surface area (TPSA) is 44.3 Å². The van der Waals surface area contributed by atoms with Gasteiger partial charge in [-0.1, -0.05) is 26.7 Å². The molecule has 0 amide bonds. The van der Waals surface area contributed by atoms with Gasteiger partial charge in [-0.15, -0.1) is 0 Å². The Morgan fingerprint density at radius 1 is 1.10 bits per heavy atom. The van der Waals surface area contributed by atoms with E-state index < -0.39 is 0 Å². The Morgan fingerprint density at radius 3 is 2.45 bits per heavy atom. The third kappa shape index (κ3) is 3.75. The summed E-state index contributed by atoms with van der Waals surface area (Å²) in [6.45, 7) is 6.91. The first kappa shape index (κ1) is 16.3. The Morgan fingerprint density at radius 2 is 1.85 bits per heavy atom. The molecule has 0 aromatic rings. The van der Waals surface area contributed by atoms with Crippen LogP contribution in [-0.4, -0.2) is 36.9 Å². The van der Waals surface area contributed by atoms with Crippen LogP contribution in [0.2, 0.25) is 0 Å². The van der Waals surface area contributed by atoms with Crippen LogP contribution in [0.1, 0.15) is 65.2 Å². The fourth-order valence-electron chi connectivity index (χ4n) is 4.10. The smallest absolute Gasteiger partial charge is 0.0499 e. The molecule has 3 atom stereocenters. The minimum Gasteiger partial charge on any atom is -0.396 e. The molecule has 0 bridgehead atoms. The fourth-order valence-corrected chi connectivity index (χ4v) is 4.10. The zero-order chi connectivity index (χ0) is 14.4. The molecule has 118 valence electrons. The van der Waals surface area contributed by atoms with Gasteiger partial charge in [0, 0.05) is 30.7 Å². The standard InChI is InChI=1S/C17H34N2O/c1-3-17(4-2,13-20)12-19-16-9-6-5-8-14(16)15-10-7-11-18-15/h14-16,18-20H,3-13H2,1-2H3. The fraction of sp³-hybridized carbons (Fsp3) is 1.00. The molecule has 3 heteroatoms. The molecular weight excluding hydrogens is 248 g/mol. The maximum absolute atomic E-state index is 9.73. The van der Waals surface area contributed by atoms with Gasteiger partial charge in [-0.05, 0) is 51.0 Å². The first-order valence-corrected chi connectivity index (χ1v) is 8.82. The van der Waals surface area contributed by atoms with Crippen molar-refractivity contribution in [2.75, 3.05) is 19.7 Å².